The van der Waals surface area contributed by atoms with Crippen molar-refractivity contribution in [1.82, 2.24) is 16.0 Å². The van der Waals surface area contributed by atoms with Gasteiger partial charge in [0.1, 0.15) is 37.6 Å². The fourth-order valence-electron chi connectivity index (χ4n) is 3.15. The van der Waals surface area contributed by atoms with Gasteiger partial charge >= 0.3 is 12.1 Å². The van der Waals surface area contributed by atoms with Crippen LogP contribution in [0.25, 0.3) is 0 Å². The van der Waals surface area contributed by atoms with Gasteiger partial charge in [-0.2, -0.15) is 0 Å². The Hall–Kier alpha value is -4.65. The topological polar surface area (TPSA) is 195 Å². The lowest BCUT2D eigenvalue weighted by Gasteiger charge is -2.21. The number of aliphatic hydroxyl groups excluding tert-OH is 1. The van der Waals surface area contributed by atoms with Crippen molar-refractivity contribution in [1.29, 1.82) is 0 Å². The number of alkyl carbamates (subject to hydrolysis) is 1. The number of carbonyl (C=O) groups excluding carboxylic acids is 5. The Balaban J connectivity index is 1.87. The Kier molecular flexibility index (Phi) is 12.7. The van der Waals surface area contributed by atoms with E-state index in [1.54, 1.807) is 48.5 Å². The number of hydrogen-bond acceptors (Lipinski definition) is 9. The summed E-state index contributed by atoms with van der Waals surface area (Å²) < 4.78 is 15.2. The molecule has 0 radical (unpaired) electrons. The predicted octanol–water partition coefficient (Wildman–Crippen LogP) is -0.108. The summed E-state index contributed by atoms with van der Waals surface area (Å²) in [5.41, 5.74) is 6.58. The number of aliphatic hydroxyl groups is 1. The summed E-state index contributed by atoms with van der Waals surface area (Å²) in [5, 5.41) is 16.5. The maximum atomic E-state index is 12.8. The number of hydrogen-bond donors (Lipinski definition) is 5. The third kappa shape index (κ3) is 11.5. The largest absolute Gasteiger partial charge is 0.497 e. The molecule has 39 heavy (non-hydrogen) atoms. The second-order valence-electron chi connectivity index (χ2n) is 8.23. The van der Waals surface area contributed by atoms with E-state index in [-0.39, 0.29) is 26.1 Å². The fourth-order valence-corrected chi connectivity index (χ4v) is 3.15. The maximum Gasteiger partial charge on any atom is 0.408 e. The summed E-state index contributed by atoms with van der Waals surface area (Å²) in [5.74, 6) is -2.56. The number of rotatable bonds is 15. The lowest BCUT2D eigenvalue weighted by atomic mass is 10.1. The zero-order chi connectivity index (χ0) is 28.6. The summed E-state index contributed by atoms with van der Waals surface area (Å²) in [7, 11) is 1.52. The smallest absolute Gasteiger partial charge is 0.408 e. The molecule has 6 N–H and O–H groups in total. The highest BCUT2D eigenvalue weighted by Crippen LogP contribution is 2.12. The summed E-state index contributed by atoms with van der Waals surface area (Å²) in [6, 6.07) is 12.9. The molecule has 0 bridgehead atoms. The summed E-state index contributed by atoms with van der Waals surface area (Å²) in [6.07, 6.45) is -1.40. The van der Waals surface area contributed by atoms with Crippen LogP contribution in [0.15, 0.2) is 54.6 Å². The highest BCUT2D eigenvalue weighted by molar-refractivity contribution is 5.92. The highest BCUT2D eigenvalue weighted by Gasteiger charge is 2.27. The number of amides is 4. The van der Waals surface area contributed by atoms with E-state index in [0.717, 1.165) is 5.56 Å². The van der Waals surface area contributed by atoms with Gasteiger partial charge in [0.2, 0.25) is 17.7 Å². The zero-order valence-corrected chi connectivity index (χ0v) is 21.4. The van der Waals surface area contributed by atoms with E-state index < -0.39 is 55.0 Å². The van der Waals surface area contributed by atoms with Crippen molar-refractivity contribution in [2.45, 2.75) is 38.1 Å². The van der Waals surface area contributed by atoms with Crippen LogP contribution in [0.4, 0.5) is 4.79 Å². The first-order valence-electron chi connectivity index (χ1n) is 11.9. The Morgan fingerprint density at radius 1 is 0.846 bits per heavy atom. The fraction of sp³-hybridized carbons (Fsp3) is 0.346. The summed E-state index contributed by atoms with van der Waals surface area (Å²) in [4.78, 5) is 60.7. The van der Waals surface area contributed by atoms with Gasteiger partial charge in [-0.15, -0.1) is 0 Å². The Morgan fingerprint density at radius 2 is 1.49 bits per heavy atom. The molecule has 13 heteroatoms. The van der Waals surface area contributed by atoms with Gasteiger partial charge in [-0.05, 0) is 29.7 Å². The first kappa shape index (κ1) is 30.6. The molecular formula is C26H32N4O9. The van der Waals surface area contributed by atoms with Crippen LogP contribution in [0.3, 0.4) is 0 Å². The average Bonchev–Trinajstić information content (AvgIpc) is 2.95. The minimum absolute atomic E-state index is 0.0114. The van der Waals surface area contributed by atoms with Crippen molar-refractivity contribution in [3.8, 4) is 5.75 Å². The molecule has 2 rings (SSSR count). The predicted molar refractivity (Wildman–Crippen MR) is 137 cm³/mol. The normalized spacial score (nSPS) is 11.8. The molecular weight excluding hydrogens is 512 g/mol. The van der Waals surface area contributed by atoms with Crippen molar-refractivity contribution in [2.75, 3.05) is 20.3 Å². The first-order chi connectivity index (χ1) is 18.7. The Labute approximate surface area is 225 Å². The number of carbonyl (C=O) groups is 5. The van der Waals surface area contributed by atoms with Gasteiger partial charge in [-0.25, -0.2) is 4.79 Å². The van der Waals surface area contributed by atoms with Crippen molar-refractivity contribution in [3.05, 3.63) is 65.7 Å². The number of primary amides is 1. The van der Waals surface area contributed by atoms with Crippen molar-refractivity contribution < 1.29 is 43.3 Å². The van der Waals surface area contributed by atoms with Crippen LogP contribution in [-0.2, 0) is 41.9 Å². The van der Waals surface area contributed by atoms with Crippen LogP contribution in [-0.4, -0.2) is 67.2 Å². The molecule has 13 nitrogen and oxygen atoms in total. The van der Waals surface area contributed by atoms with Crippen LogP contribution >= 0.6 is 0 Å². The standard InChI is InChI=1S/C26H32N4O9/c1-37-19-9-7-18(8-10-19)16-39-26(36)30-20(11-12-22(27)32)25(35)29-21(14-31)24(34)28-13-23(33)38-15-17-5-3-2-4-6-17/h2-10,20-21,31H,11-16H2,1H3,(H2,27,32)(H,28,34)(H,29,35)(H,30,36). The molecule has 2 aromatic carbocycles. The van der Waals surface area contributed by atoms with Gasteiger partial charge < -0.3 is 41.0 Å². The molecule has 0 heterocycles. The number of ether oxygens (including phenoxy) is 3. The zero-order valence-electron chi connectivity index (χ0n) is 21.4. The van der Waals surface area contributed by atoms with Crippen LogP contribution in [0.1, 0.15) is 24.0 Å². The second-order valence-corrected chi connectivity index (χ2v) is 8.23. The van der Waals surface area contributed by atoms with Crippen LogP contribution < -0.4 is 26.4 Å². The lowest BCUT2D eigenvalue weighted by Crippen LogP contribution is -2.55. The molecule has 0 aliphatic rings. The minimum atomic E-state index is -1.45. The molecule has 4 amide bonds. The van der Waals surface area contributed by atoms with E-state index in [0.29, 0.717) is 11.3 Å². The van der Waals surface area contributed by atoms with Crippen LogP contribution in [0, 0.1) is 0 Å². The summed E-state index contributed by atoms with van der Waals surface area (Å²) >= 11 is 0. The van der Waals surface area contributed by atoms with E-state index in [2.05, 4.69) is 16.0 Å². The molecule has 0 saturated heterocycles. The molecule has 0 aliphatic carbocycles. The quantitative estimate of drug-likeness (QED) is 0.190. The molecule has 0 spiro atoms. The molecule has 0 aromatic heterocycles. The van der Waals surface area contributed by atoms with E-state index >= 15 is 0 Å². The maximum absolute atomic E-state index is 12.8. The lowest BCUT2D eigenvalue weighted by molar-refractivity contribution is -0.145. The van der Waals surface area contributed by atoms with Gasteiger partial charge in [-0.1, -0.05) is 42.5 Å². The van der Waals surface area contributed by atoms with Crippen molar-refractivity contribution in [3.63, 3.8) is 0 Å². The number of nitrogens with two attached hydrogens (primary N) is 1. The van der Waals surface area contributed by atoms with Gasteiger partial charge in [0.15, 0.2) is 0 Å². The highest BCUT2D eigenvalue weighted by atomic mass is 16.5. The Bertz CT molecular complexity index is 1110. The van der Waals surface area contributed by atoms with Gasteiger partial charge in [-0.3, -0.25) is 19.2 Å². The molecule has 2 aromatic rings. The molecule has 0 aliphatic heterocycles. The number of nitrogens with one attached hydrogen (secondary N) is 3. The third-order valence-electron chi connectivity index (χ3n) is 5.28. The molecule has 2 unspecified atom stereocenters. The van der Waals surface area contributed by atoms with E-state index in [1.807, 2.05) is 6.07 Å². The van der Waals surface area contributed by atoms with E-state index in [9.17, 15) is 29.1 Å². The van der Waals surface area contributed by atoms with Crippen molar-refractivity contribution in [2.24, 2.45) is 5.73 Å². The first-order valence-corrected chi connectivity index (χ1v) is 11.9. The van der Waals surface area contributed by atoms with Crippen LogP contribution in [0.5, 0.6) is 5.75 Å². The molecule has 0 saturated carbocycles. The van der Waals surface area contributed by atoms with Gasteiger partial charge in [0.25, 0.3) is 0 Å². The van der Waals surface area contributed by atoms with Crippen LogP contribution in [0.2, 0.25) is 0 Å². The third-order valence-corrected chi connectivity index (χ3v) is 5.28. The average molecular weight is 545 g/mol. The van der Waals surface area contributed by atoms with E-state index in [1.165, 1.54) is 7.11 Å². The summed E-state index contributed by atoms with van der Waals surface area (Å²) in [6.45, 7) is -1.40. The molecule has 2 atom stereocenters. The van der Waals surface area contributed by atoms with E-state index in [4.69, 9.17) is 19.9 Å². The molecule has 0 fully saturated rings. The van der Waals surface area contributed by atoms with Gasteiger partial charge in [0, 0.05) is 6.42 Å². The van der Waals surface area contributed by atoms with Crippen molar-refractivity contribution >= 4 is 29.8 Å². The monoisotopic (exact) mass is 544 g/mol. The number of benzene rings is 2. The minimum Gasteiger partial charge on any atom is -0.497 e. The number of methoxy groups -OCH3 is 1. The second kappa shape index (κ2) is 16.2. The number of esters is 1. The molecule has 210 valence electrons. The van der Waals surface area contributed by atoms with Gasteiger partial charge in [0.05, 0.1) is 13.7 Å². The SMILES string of the molecule is COc1ccc(COC(=O)NC(CCC(N)=O)C(=O)NC(CO)C(=O)NCC(=O)OCc2ccccc2)cc1. The Morgan fingerprint density at radius 3 is 2.10 bits per heavy atom.